The third-order valence-electron chi connectivity index (χ3n) is 9.13. The van der Waals surface area contributed by atoms with Crippen molar-refractivity contribution in [1.82, 2.24) is 0 Å². The number of aromatic hydroxyl groups is 4. The van der Waals surface area contributed by atoms with E-state index >= 15 is 0 Å². The van der Waals surface area contributed by atoms with E-state index in [4.69, 9.17) is 23.4 Å². The summed E-state index contributed by atoms with van der Waals surface area (Å²) in [5.41, 5.74) is 0.791. The Bertz CT molecular complexity index is 2230. The van der Waals surface area contributed by atoms with Crippen molar-refractivity contribution in [1.29, 1.82) is 0 Å². The number of hydrogen-bond donors (Lipinski definition) is 6. The van der Waals surface area contributed by atoms with Crippen molar-refractivity contribution in [2.75, 3.05) is 6.61 Å². The number of ether oxygens (including phenoxy) is 4. The number of carbonyl (C=O) groups excluding carboxylic acids is 2. The minimum absolute atomic E-state index is 0.0307. The topological polar surface area (TPSA) is 223 Å². The minimum atomic E-state index is -1.90. The van der Waals surface area contributed by atoms with Crippen LogP contribution in [0, 0.1) is 0 Å². The number of esters is 2. The van der Waals surface area contributed by atoms with Gasteiger partial charge in [0.15, 0.2) is 23.4 Å². The lowest BCUT2D eigenvalue weighted by Gasteiger charge is -2.42. The standard InChI is InChI=1S/C41H40O14/c1-3-5-21-7-11-23(12-8-21)39(49)53-36-33(47)31(20-42)52-41(38(36)54-40(50)24-13-9-22(6-4-2)10-14-24)55-37-34(48)32-29(46)18-26(43)19-30(32)51-35(37)25-15-16-27(44)28(45)17-25/h7-19,31,33,36,38,41-47H,3-6,20H2,1-2H3/t31-,33-,36+,38-,41+/m1/s1. The predicted molar refractivity (Wildman–Crippen MR) is 196 cm³/mol. The van der Waals surface area contributed by atoms with Crippen molar-refractivity contribution in [2.24, 2.45) is 0 Å². The maximum Gasteiger partial charge on any atom is 0.338 e. The molecular formula is C41H40O14. The molecule has 55 heavy (non-hydrogen) atoms. The molecule has 6 N–H and O–H groups in total. The zero-order valence-corrected chi connectivity index (χ0v) is 29.9. The molecule has 0 spiro atoms. The summed E-state index contributed by atoms with van der Waals surface area (Å²) < 4.78 is 29.7. The number of carbonyl (C=O) groups is 2. The van der Waals surface area contributed by atoms with Crippen LogP contribution < -0.4 is 10.2 Å². The van der Waals surface area contributed by atoms with Crippen molar-refractivity contribution in [3.63, 3.8) is 0 Å². The van der Waals surface area contributed by atoms with Gasteiger partial charge in [0.25, 0.3) is 0 Å². The highest BCUT2D eigenvalue weighted by Crippen LogP contribution is 2.40. The summed E-state index contributed by atoms with van der Waals surface area (Å²) in [4.78, 5) is 41.5. The highest BCUT2D eigenvalue weighted by molar-refractivity contribution is 5.91. The summed E-state index contributed by atoms with van der Waals surface area (Å²) in [6.07, 6.45) is -5.48. The van der Waals surface area contributed by atoms with Gasteiger partial charge in [-0.3, -0.25) is 4.79 Å². The monoisotopic (exact) mass is 756 g/mol. The van der Waals surface area contributed by atoms with Crippen molar-refractivity contribution >= 4 is 22.9 Å². The first kappa shape index (κ1) is 38.6. The van der Waals surface area contributed by atoms with Crippen LogP contribution in [0.3, 0.4) is 0 Å². The maximum absolute atomic E-state index is 14.2. The molecule has 0 saturated carbocycles. The van der Waals surface area contributed by atoms with E-state index in [-0.39, 0.29) is 22.3 Å². The summed E-state index contributed by atoms with van der Waals surface area (Å²) in [7, 11) is 0. The van der Waals surface area contributed by atoms with Gasteiger partial charge in [0.2, 0.25) is 23.6 Å². The first-order valence-electron chi connectivity index (χ1n) is 17.7. The normalized spacial score (nSPS) is 19.5. The fraction of sp³-hybridized carbons (Fsp3) is 0.293. The van der Waals surface area contributed by atoms with Crippen molar-refractivity contribution < 1.29 is 63.6 Å². The molecule has 0 aliphatic carbocycles. The Balaban J connectivity index is 1.46. The third kappa shape index (κ3) is 8.21. The fourth-order valence-electron chi connectivity index (χ4n) is 6.32. The zero-order valence-electron chi connectivity index (χ0n) is 29.9. The van der Waals surface area contributed by atoms with Crippen LogP contribution in [-0.4, -0.2) is 79.9 Å². The SMILES string of the molecule is CCCc1ccc(C(=O)O[C@H]2[C@H](Oc3c(-c4ccc(O)c(O)c4)oc4cc(O)cc(O)c4c3=O)O[C@H](CO)[C@@H](O)[C@@H]2OC(=O)c2ccc(CCC)cc2)cc1. The Kier molecular flexibility index (Phi) is 11.6. The second kappa shape index (κ2) is 16.5. The highest BCUT2D eigenvalue weighted by Gasteiger charge is 2.51. The van der Waals surface area contributed by atoms with E-state index in [1.54, 1.807) is 36.4 Å². The van der Waals surface area contributed by atoms with Gasteiger partial charge in [-0.25, -0.2) is 9.59 Å². The van der Waals surface area contributed by atoms with Gasteiger partial charge in [-0.15, -0.1) is 0 Å². The summed E-state index contributed by atoms with van der Waals surface area (Å²) >= 11 is 0. The van der Waals surface area contributed by atoms with Crippen LogP contribution in [0.5, 0.6) is 28.7 Å². The molecule has 0 radical (unpaired) electrons. The van der Waals surface area contributed by atoms with Gasteiger partial charge in [0.1, 0.15) is 34.7 Å². The molecule has 4 aromatic carbocycles. The van der Waals surface area contributed by atoms with Crippen LogP contribution in [0.15, 0.2) is 88.1 Å². The quantitative estimate of drug-likeness (QED) is 0.0721. The van der Waals surface area contributed by atoms with Crippen LogP contribution in [0.4, 0.5) is 0 Å². The maximum atomic E-state index is 14.2. The molecule has 6 rings (SSSR count). The molecule has 5 atom stereocenters. The summed E-state index contributed by atoms with van der Waals surface area (Å²) in [5, 5.41) is 62.4. The van der Waals surface area contributed by atoms with Gasteiger partial charge in [-0.05, 0) is 66.4 Å². The van der Waals surface area contributed by atoms with Gasteiger partial charge >= 0.3 is 11.9 Å². The van der Waals surface area contributed by atoms with Crippen molar-refractivity contribution in [3.8, 4) is 40.1 Å². The van der Waals surface area contributed by atoms with Gasteiger partial charge in [0, 0.05) is 17.7 Å². The number of rotatable bonds is 12. The molecule has 14 heteroatoms. The molecule has 0 amide bonds. The molecule has 0 bridgehead atoms. The number of aliphatic hydroxyl groups is 2. The Labute approximate surface area is 314 Å². The van der Waals surface area contributed by atoms with E-state index in [9.17, 15) is 45.0 Å². The smallest absolute Gasteiger partial charge is 0.338 e. The molecule has 288 valence electrons. The van der Waals surface area contributed by atoms with E-state index < -0.39 is 94.6 Å². The number of benzene rings is 4. The molecule has 2 heterocycles. The number of phenols is 4. The lowest BCUT2D eigenvalue weighted by atomic mass is 9.98. The second-order valence-electron chi connectivity index (χ2n) is 13.1. The number of phenolic OH excluding ortho intramolecular Hbond substituents is 4. The van der Waals surface area contributed by atoms with E-state index in [1.165, 1.54) is 18.2 Å². The Morgan fingerprint density at radius 1 is 0.727 bits per heavy atom. The van der Waals surface area contributed by atoms with Gasteiger partial charge in [-0.2, -0.15) is 0 Å². The molecule has 1 aliphatic heterocycles. The molecule has 1 aliphatic rings. The predicted octanol–water partition coefficient (Wildman–Crippen LogP) is 5.10. The van der Waals surface area contributed by atoms with E-state index in [0.29, 0.717) is 0 Å². The van der Waals surface area contributed by atoms with E-state index in [1.807, 2.05) is 13.8 Å². The molecule has 1 saturated heterocycles. The van der Waals surface area contributed by atoms with Crippen LogP contribution in [-0.2, 0) is 27.1 Å². The van der Waals surface area contributed by atoms with Crippen LogP contribution in [0.25, 0.3) is 22.3 Å². The van der Waals surface area contributed by atoms with Gasteiger partial charge in [-0.1, -0.05) is 51.0 Å². The Hall–Kier alpha value is -6.09. The van der Waals surface area contributed by atoms with Crippen LogP contribution in [0.2, 0.25) is 0 Å². The van der Waals surface area contributed by atoms with Gasteiger partial charge < -0.3 is 54.0 Å². The highest BCUT2D eigenvalue weighted by atomic mass is 16.7. The molecule has 1 aromatic heterocycles. The lowest BCUT2D eigenvalue weighted by molar-refractivity contribution is -0.276. The summed E-state index contributed by atoms with van der Waals surface area (Å²) in [6.45, 7) is 3.18. The Morgan fingerprint density at radius 2 is 1.31 bits per heavy atom. The van der Waals surface area contributed by atoms with Crippen LogP contribution in [0.1, 0.15) is 58.5 Å². The Morgan fingerprint density at radius 3 is 1.85 bits per heavy atom. The second-order valence-corrected chi connectivity index (χ2v) is 13.1. The van der Waals surface area contributed by atoms with E-state index in [2.05, 4.69) is 0 Å². The molecule has 1 fully saturated rings. The number of aryl methyl sites for hydroxylation is 2. The lowest BCUT2D eigenvalue weighted by Crippen LogP contribution is -2.62. The number of hydrogen-bond acceptors (Lipinski definition) is 14. The fourth-order valence-corrected chi connectivity index (χ4v) is 6.32. The molecule has 0 unspecified atom stereocenters. The third-order valence-corrected chi connectivity index (χ3v) is 9.13. The average Bonchev–Trinajstić information content (AvgIpc) is 3.16. The first-order valence-corrected chi connectivity index (χ1v) is 17.7. The van der Waals surface area contributed by atoms with Crippen molar-refractivity contribution in [3.05, 3.63) is 111 Å². The molecule has 14 nitrogen and oxygen atoms in total. The summed E-state index contributed by atoms with van der Waals surface area (Å²) in [6, 6.07) is 18.5. The number of aliphatic hydroxyl groups excluding tert-OH is 2. The van der Waals surface area contributed by atoms with Gasteiger partial charge in [0.05, 0.1) is 17.7 Å². The summed E-state index contributed by atoms with van der Waals surface area (Å²) in [5.74, 6) is -5.17. The average molecular weight is 757 g/mol. The minimum Gasteiger partial charge on any atom is -0.508 e. The largest absolute Gasteiger partial charge is 0.508 e. The van der Waals surface area contributed by atoms with Crippen LogP contribution >= 0.6 is 0 Å². The zero-order chi connectivity index (χ0) is 39.4. The molecule has 5 aromatic rings. The number of fused-ring (bicyclic) bond motifs is 1. The van der Waals surface area contributed by atoms with Crippen molar-refractivity contribution in [2.45, 2.75) is 70.2 Å². The molecular weight excluding hydrogens is 716 g/mol. The first-order chi connectivity index (χ1) is 26.4. The van der Waals surface area contributed by atoms with E-state index in [0.717, 1.165) is 61.1 Å².